The van der Waals surface area contributed by atoms with Gasteiger partial charge in [0.2, 0.25) is 0 Å². The van der Waals surface area contributed by atoms with Gasteiger partial charge in [-0.1, -0.05) is 36.4 Å². The summed E-state index contributed by atoms with van der Waals surface area (Å²) in [6.07, 6.45) is 0.890. The second-order valence-electron chi connectivity index (χ2n) is 6.31. The van der Waals surface area contributed by atoms with Crippen molar-refractivity contribution >= 4 is 16.9 Å². The number of hydrogen-bond acceptors (Lipinski definition) is 2. The van der Waals surface area contributed by atoms with Crippen molar-refractivity contribution in [3.8, 4) is 0 Å². The molecule has 2 atom stereocenters. The van der Waals surface area contributed by atoms with E-state index in [-0.39, 0.29) is 11.7 Å². The Kier molecular flexibility index (Phi) is 4.67. The zero-order valence-electron chi connectivity index (χ0n) is 13.9. The summed E-state index contributed by atoms with van der Waals surface area (Å²) in [5.41, 5.74) is 3.55. The Bertz CT molecular complexity index is 839. The molecule has 4 heteroatoms. The summed E-state index contributed by atoms with van der Waals surface area (Å²) in [5.74, 6) is -0.931. The first-order valence-corrected chi connectivity index (χ1v) is 8.19. The number of aromatic nitrogens is 1. The molecular weight excluding hydrogens is 300 g/mol. The summed E-state index contributed by atoms with van der Waals surface area (Å²) in [4.78, 5) is 14.0. The van der Waals surface area contributed by atoms with Crippen LogP contribution in [0.5, 0.6) is 0 Å². The molecule has 1 aromatic heterocycles. The number of hydrogen-bond donors (Lipinski definition) is 3. The zero-order chi connectivity index (χ0) is 17.1. The summed E-state index contributed by atoms with van der Waals surface area (Å²) < 4.78 is 0. The van der Waals surface area contributed by atoms with Crippen molar-refractivity contribution in [1.29, 1.82) is 0 Å². The molecule has 24 heavy (non-hydrogen) atoms. The number of rotatable bonds is 6. The van der Waals surface area contributed by atoms with E-state index in [1.807, 2.05) is 12.1 Å². The average molecular weight is 322 g/mol. The van der Waals surface area contributed by atoms with E-state index in [2.05, 4.69) is 60.5 Å². The van der Waals surface area contributed by atoms with Gasteiger partial charge >= 0.3 is 5.97 Å². The molecule has 4 nitrogen and oxygen atoms in total. The monoisotopic (exact) mass is 322 g/mol. The third-order valence-corrected chi connectivity index (χ3v) is 4.29. The van der Waals surface area contributed by atoms with E-state index >= 15 is 0 Å². The Hall–Kier alpha value is -2.59. The molecule has 0 unspecified atom stereocenters. The number of carboxylic acid groups (broad SMARTS) is 1. The van der Waals surface area contributed by atoms with Crippen LogP contribution in [0, 0.1) is 0 Å². The Morgan fingerprint density at radius 3 is 2.58 bits per heavy atom. The number of H-pyrrole nitrogens is 1. The molecule has 1 heterocycles. The van der Waals surface area contributed by atoms with Crippen molar-refractivity contribution < 1.29 is 9.90 Å². The molecule has 0 radical (unpaired) electrons. The molecule has 2 aromatic carbocycles. The summed E-state index contributed by atoms with van der Waals surface area (Å²) in [6.45, 7) is 4.34. The van der Waals surface area contributed by atoms with Crippen LogP contribution < -0.4 is 5.32 Å². The van der Waals surface area contributed by atoms with E-state index in [0.29, 0.717) is 6.04 Å². The highest BCUT2D eigenvalue weighted by Gasteiger charge is 2.11. The highest BCUT2D eigenvalue weighted by molar-refractivity contribution is 5.93. The normalized spacial score (nSPS) is 13.8. The summed E-state index contributed by atoms with van der Waals surface area (Å²) in [7, 11) is 0. The van der Waals surface area contributed by atoms with Crippen molar-refractivity contribution in [2.45, 2.75) is 32.4 Å². The number of carbonyl (C=O) groups is 1. The molecule has 0 saturated heterocycles. The third kappa shape index (κ3) is 3.66. The van der Waals surface area contributed by atoms with Gasteiger partial charge in [0.05, 0.1) is 0 Å². The van der Waals surface area contributed by atoms with E-state index in [9.17, 15) is 4.79 Å². The van der Waals surface area contributed by atoms with Gasteiger partial charge in [0.1, 0.15) is 5.69 Å². The zero-order valence-corrected chi connectivity index (χ0v) is 13.9. The molecule has 0 spiro atoms. The van der Waals surface area contributed by atoms with Gasteiger partial charge in [-0.05, 0) is 49.6 Å². The van der Waals surface area contributed by atoms with Gasteiger partial charge in [-0.2, -0.15) is 0 Å². The number of fused-ring (bicyclic) bond motifs is 1. The van der Waals surface area contributed by atoms with Crippen LogP contribution in [0.4, 0.5) is 0 Å². The average Bonchev–Trinajstić information content (AvgIpc) is 2.99. The van der Waals surface area contributed by atoms with Crippen molar-refractivity contribution in [1.82, 2.24) is 10.3 Å². The predicted octanol–water partition coefficient (Wildman–Crippen LogP) is 4.15. The fourth-order valence-electron chi connectivity index (χ4n) is 3.10. The third-order valence-electron chi connectivity index (χ3n) is 4.29. The Morgan fingerprint density at radius 2 is 1.88 bits per heavy atom. The van der Waals surface area contributed by atoms with Gasteiger partial charge in [0.25, 0.3) is 0 Å². The molecule has 0 saturated carbocycles. The fraction of sp³-hybridized carbons (Fsp3) is 0.250. The lowest BCUT2D eigenvalue weighted by atomic mass is 10.0. The Labute approximate surface area is 141 Å². The minimum absolute atomic E-state index is 0.228. The van der Waals surface area contributed by atoms with E-state index in [1.165, 1.54) is 11.1 Å². The second kappa shape index (κ2) is 6.89. The van der Waals surface area contributed by atoms with Crippen LogP contribution in [0.2, 0.25) is 0 Å². The predicted molar refractivity (Wildman–Crippen MR) is 96.4 cm³/mol. The molecular formula is C20H22N2O2. The number of nitrogens with one attached hydrogen (secondary N) is 2. The molecule has 0 aliphatic carbocycles. The van der Waals surface area contributed by atoms with Gasteiger partial charge in [-0.25, -0.2) is 4.79 Å². The maximum absolute atomic E-state index is 11.0. The molecule has 124 valence electrons. The second-order valence-corrected chi connectivity index (χ2v) is 6.31. The van der Waals surface area contributed by atoms with Crippen LogP contribution >= 0.6 is 0 Å². The maximum atomic E-state index is 11.0. The molecule has 0 fully saturated rings. The van der Waals surface area contributed by atoms with Crippen LogP contribution in [-0.4, -0.2) is 22.1 Å². The van der Waals surface area contributed by atoms with E-state index in [0.717, 1.165) is 17.3 Å². The first kappa shape index (κ1) is 16.3. The SMILES string of the molecule is C[C@H](Cc1ccc2[nH]c(C(=O)O)cc2c1)N[C@H](C)c1ccccc1. The number of benzene rings is 2. The molecule has 3 aromatic rings. The minimum atomic E-state index is -0.931. The quantitative estimate of drug-likeness (QED) is 0.639. The highest BCUT2D eigenvalue weighted by Crippen LogP contribution is 2.19. The minimum Gasteiger partial charge on any atom is -0.477 e. The molecule has 3 rings (SSSR count). The first-order valence-electron chi connectivity index (χ1n) is 8.19. The van der Waals surface area contributed by atoms with Gasteiger partial charge in [0.15, 0.2) is 0 Å². The van der Waals surface area contributed by atoms with E-state index < -0.39 is 5.97 Å². The Balaban J connectivity index is 1.68. The highest BCUT2D eigenvalue weighted by atomic mass is 16.4. The smallest absolute Gasteiger partial charge is 0.352 e. The number of aromatic carboxylic acids is 1. The largest absolute Gasteiger partial charge is 0.477 e. The van der Waals surface area contributed by atoms with Crippen LogP contribution in [0.25, 0.3) is 10.9 Å². The molecule has 0 aliphatic heterocycles. The number of carboxylic acids is 1. The fourth-order valence-corrected chi connectivity index (χ4v) is 3.10. The maximum Gasteiger partial charge on any atom is 0.352 e. The van der Waals surface area contributed by atoms with E-state index in [1.54, 1.807) is 6.07 Å². The molecule has 0 bridgehead atoms. The van der Waals surface area contributed by atoms with Gasteiger partial charge in [-0.3, -0.25) is 0 Å². The lowest BCUT2D eigenvalue weighted by molar-refractivity contribution is 0.0691. The van der Waals surface area contributed by atoms with Crippen molar-refractivity contribution in [2.24, 2.45) is 0 Å². The first-order chi connectivity index (χ1) is 11.5. The number of aromatic amines is 1. The van der Waals surface area contributed by atoms with Gasteiger partial charge in [0, 0.05) is 23.0 Å². The van der Waals surface area contributed by atoms with Crippen molar-refractivity contribution in [3.63, 3.8) is 0 Å². The molecule has 3 N–H and O–H groups in total. The Morgan fingerprint density at radius 1 is 1.12 bits per heavy atom. The topological polar surface area (TPSA) is 65.1 Å². The van der Waals surface area contributed by atoms with E-state index in [4.69, 9.17) is 5.11 Å². The molecule has 0 amide bonds. The lowest BCUT2D eigenvalue weighted by Gasteiger charge is -2.20. The van der Waals surface area contributed by atoms with Gasteiger partial charge < -0.3 is 15.4 Å². The standard InChI is InChI=1S/C20H22N2O2/c1-13(21-14(2)16-6-4-3-5-7-16)10-15-8-9-18-17(11-15)12-19(22-18)20(23)24/h3-9,11-14,21-22H,10H2,1-2H3,(H,23,24)/t13-,14-/m1/s1. The summed E-state index contributed by atoms with van der Waals surface area (Å²) >= 11 is 0. The van der Waals surface area contributed by atoms with Crippen LogP contribution in [0.3, 0.4) is 0 Å². The van der Waals surface area contributed by atoms with Crippen LogP contribution in [-0.2, 0) is 6.42 Å². The van der Waals surface area contributed by atoms with Crippen molar-refractivity contribution in [3.05, 3.63) is 71.4 Å². The van der Waals surface area contributed by atoms with Crippen molar-refractivity contribution in [2.75, 3.05) is 0 Å². The van der Waals surface area contributed by atoms with Crippen LogP contribution in [0.1, 0.15) is 41.5 Å². The lowest BCUT2D eigenvalue weighted by Crippen LogP contribution is -2.30. The summed E-state index contributed by atoms with van der Waals surface area (Å²) in [5, 5.41) is 13.6. The summed E-state index contributed by atoms with van der Waals surface area (Å²) in [6, 6.07) is 18.7. The van der Waals surface area contributed by atoms with Gasteiger partial charge in [-0.15, -0.1) is 0 Å². The molecule has 0 aliphatic rings. The van der Waals surface area contributed by atoms with Crippen LogP contribution in [0.15, 0.2) is 54.6 Å².